The molecule has 654 valence electrons. The van der Waals surface area contributed by atoms with Gasteiger partial charge in [0.15, 0.2) is 23.0 Å². The van der Waals surface area contributed by atoms with Crippen molar-refractivity contribution in [1.82, 2.24) is 40.9 Å². The molecule has 1 aliphatic carbocycles. The van der Waals surface area contributed by atoms with E-state index in [0.29, 0.717) is 66.9 Å². The number of likely N-dealkylation sites (tertiary alicyclic amines) is 4. The predicted molar refractivity (Wildman–Crippen MR) is 470 cm³/mol. The Labute approximate surface area is 722 Å². The second-order valence-corrected chi connectivity index (χ2v) is 35.1. The van der Waals surface area contributed by atoms with Gasteiger partial charge in [0.05, 0.1) is 69.7 Å². The number of hydrogen-bond donors (Lipinski definition) is 8. The highest BCUT2D eigenvalue weighted by molar-refractivity contribution is 7.10. The number of methoxy groups -OCH3 is 1. The van der Waals surface area contributed by atoms with E-state index in [1.807, 2.05) is 106 Å². The number of nitrogens with one attached hydrogen (secondary N) is 4. The molecule has 4 saturated heterocycles. The lowest BCUT2D eigenvalue weighted by Crippen LogP contribution is -2.54. The Morgan fingerprint density at radius 1 is 0.508 bits per heavy atom. The Kier molecular flexibility index (Phi) is 40.4. The third-order valence-electron chi connectivity index (χ3n) is 21.7. The number of carbonyl (C=O) groups is 9. The Hall–Kier alpha value is -9.59. The third kappa shape index (κ3) is 30.8. The third-order valence-corrected chi connectivity index (χ3v) is 25.2. The number of carbonyl (C=O) groups excluding carboxylic acids is 7. The zero-order chi connectivity index (χ0) is 86.5. The number of piperidine rings is 4. The molecule has 26 nitrogen and oxygen atoms in total. The fraction of sp³-hybridized carbons (Fsp3) is 0.522. The summed E-state index contributed by atoms with van der Waals surface area (Å²) in [6, 6.07) is 30.5. The molecule has 120 heavy (non-hydrogen) atoms. The van der Waals surface area contributed by atoms with Crippen molar-refractivity contribution in [3.05, 3.63) is 172 Å². The van der Waals surface area contributed by atoms with Gasteiger partial charge in [0, 0.05) is 57.6 Å². The van der Waals surface area contributed by atoms with Gasteiger partial charge in [-0.15, -0.1) is 45.3 Å². The maximum atomic E-state index is 12.8. The fourth-order valence-electron chi connectivity index (χ4n) is 14.6. The van der Waals surface area contributed by atoms with Gasteiger partial charge >= 0.3 is 30.0 Å². The van der Waals surface area contributed by atoms with Crippen LogP contribution >= 0.6 is 45.3 Å². The molecule has 14 rings (SSSR count). The van der Waals surface area contributed by atoms with E-state index in [-0.39, 0.29) is 85.6 Å². The molecule has 0 radical (unpaired) electrons. The van der Waals surface area contributed by atoms with Crippen LogP contribution in [0.25, 0.3) is 0 Å². The monoisotopic (exact) mass is 1730 g/mol. The number of ether oxygens (including phenoxy) is 5. The van der Waals surface area contributed by atoms with Crippen molar-refractivity contribution in [2.24, 2.45) is 29.2 Å². The van der Waals surface area contributed by atoms with E-state index in [0.717, 1.165) is 138 Å². The van der Waals surface area contributed by atoms with Crippen LogP contribution in [0.5, 0.6) is 23.0 Å². The zero-order valence-electron chi connectivity index (χ0n) is 70.7. The van der Waals surface area contributed by atoms with Gasteiger partial charge in [-0.05, 0) is 194 Å². The Morgan fingerprint density at radius 3 is 1.38 bits per heavy atom. The van der Waals surface area contributed by atoms with Crippen molar-refractivity contribution >= 4 is 98.9 Å². The van der Waals surface area contributed by atoms with Gasteiger partial charge in [-0.2, -0.15) is 0 Å². The molecule has 10 heterocycles. The van der Waals surface area contributed by atoms with E-state index in [4.69, 9.17) is 35.5 Å². The number of fused-ring (bicyclic) bond motifs is 3. The molecule has 4 unspecified atom stereocenters. The maximum Gasteiger partial charge on any atom is 0.315 e. The first-order valence-corrected chi connectivity index (χ1v) is 45.7. The lowest BCUT2D eigenvalue weighted by molar-refractivity contribution is -0.145. The second kappa shape index (κ2) is 50.6. The van der Waals surface area contributed by atoms with Crippen LogP contribution in [-0.2, 0) is 77.3 Å². The summed E-state index contributed by atoms with van der Waals surface area (Å²) in [5.74, 6) is 1.07. The molecule has 4 fully saturated rings. The van der Waals surface area contributed by atoms with Crippen LogP contribution in [0.15, 0.2) is 125 Å². The minimum atomic E-state index is -1.06. The summed E-state index contributed by atoms with van der Waals surface area (Å²) in [4.78, 5) is 119. The van der Waals surface area contributed by atoms with Crippen LogP contribution in [0.3, 0.4) is 0 Å². The number of rotatable bonds is 27. The number of urea groups is 2. The smallest absolute Gasteiger partial charge is 0.315 e. The number of unbranched alkanes of at least 4 members (excludes halogenated alkanes) is 2. The molecule has 3 aromatic carbocycles. The number of carboxylic acids is 2. The number of benzene rings is 3. The van der Waals surface area contributed by atoms with E-state index in [1.165, 1.54) is 52.8 Å². The van der Waals surface area contributed by atoms with Crippen molar-refractivity contribution in [1.29, 1.82) is 0 Å². The minimum Gasteiger partial charge on any atom is -0.481 e. The molecule has 6 aliphatic heterocycles. The number of esters is 1. The summed E-state index contributed by atoms with van der Waals surface area (Å²) in [6.45, 7) is 20.1. The van der Waals surface area contributed by atoms with Gasteiger partial charge in [0.25, 0.3) is 0 Å². The quantitative estimate of drug-likeness (QED) is 0.0222. The minimum absolute atomic E-state index is 0.0177. The summed E-state index contributed by atoms with van der Waals surface area (Å²) < 4.78 is 26.0. The van der Waals surface area contributed by atoms with Gasteiger partial charge in [-0.3, -0.25) is 33.6 Å². The van der Waals surface area contributed by atoms with Crippen molar-refractivity contribution < 1.29 is 77.0 Å². The van der Waals surface area contributed by atoms with Crippen molar-refractivity contribution in [2.75, 3.05) is 46.9 Å². The SMILES string of the molecule is CC1CCCN(Cc2cccs2)C1=O.CCCC[C@H](C)C(=O)O.CCCC[C@H](C)C(=O)OC.CC[C@H](N)c1ccc2c(c1)CCC2.CC[C@H](NC(=O)NC1CCCN(Cc2cccs2)C1=O)c1ccc2c(c1)OCO2.NC1CCCN(Cc2cccs2)C1=O.O=C(O)C[C@H](NC(=O)NC1CCCN(Cc2cccs2)C1=O)c1ccc2c(c1)OCO2. The lowest BCUT2D eigenvalue weighted by Gasteiger charge is -2.32. The number of nitrogens with two attached hydrogens (primary N) is 2. The number of aliphatic carboxylic acids is 2. The summed E-state index contributed by atoms with van der Waals surface area (Å²) in [7, 11) is 1.44. The fourth-order valence-corrected chi connectivity index (χ4v) is 17.5. The summed E-state index contributed by atoms with van der Waals surface area (Å²) in [6.07, 6.45) is 18.3. The average Bonchev–Trinajstić information content (AvgIpc) is 1.68. The first-order chi connectivity index (χ1) is 57.9. The van der Waals surface area contributed by atoms with E-state index in [9.17, 15) is 48.3 Å². The van der Waals surface area contributed by atoms with Crippen LogP contribution in [0.1, 0.15) is 229 Å². The van der Waals surface area contributed by atoms with Crippen LogP contribution < -0.4 is 51.7 Å². The average molecular weight is 1730 g/mol. The van der Waals surface area contributed by atoms with Crippen LogP contribution in [0.4, 0.5) is 9.59 Å². The highest BCUT2D eigenvalue weighted by atomic mass is 32.1. The first-order valence-electron chi connectivity index (χ1n) is 42.2. The van der Waals surface area contributed by atoms with E-state index in [2.05, 4.69) is 82.5 Å². The topological polar surface area (TPSA) is 353 Å². The lowest BCUT2D eigenvalue weighted by atomic mass is 9.99. The number of hydrogen-bond acceptors (Lipinski definition) is 20. The predicted octanol–water partition coefficient (Wildman–Crippen LogP) is 16.1. The molecule has 0 spiro atoms. The molecule has 4 aromatic heterocycles. The normalized spacial score (nSPS) is 18.6. The number of thiophene rings is 4. The Balaban J connectivity index is 0.000000184. The molecule has 10 N–H and O–H groups in total. The van der Waals surface area contributed by atoms with E-state index in [1.54, 1.807) is 75.4 Å². The Bertz CT molecular complexity index is 4260. The van der Waals surface area contributed by atoms with Crippen LogP contribution in [0.2, 0.25) is 0 Å². The van der Waals surface area contributed by atoms with Gasteiger partial charge in [0.2, 0.25) is 37.2 Å². The number of carboxylic acid groups (broad SMARTS) is 2. The standard InChI is InChI=1S/C21H23N3O6S.C21H25N3O4S.C12H17N.C11H15NOS.C10H14N2OS.C8H16O2.C7H14O2/c25-19(26)10-16(13-5-6-17-18(9-13)30-12-29-17)23-21(28)22-15-4-1-7-24(20(15)27)11-14-3-2-8-31-14;1-2-16(14-7-8-18-19(11-14)28-13-27-18)22-21(26)23-17-6-3-9-24(20(17)25)12-15-5-4-10-29-15;1-2-12(13)11-7-6-9-4-3-5-10(9)8-11;1-9-4-2-6-12(11(9)13)8-10-5-3-7-14-10;11-9-4-1-5-12(10(9)13)7-8-3-2-6-14-8;1-4-5-6-7(2)8(9)10-3;1-3-4-5-6(2)7(8)9/h2-3,5-6,8-9,15-16H,1,4,7,10-12H2,(H,25,26)(H2,22,23,28);4-5,7-8,10-11,16-17H,2-3,6,9,12-13H2,1H3,(H2,22,23,26);6-8,12H,2-5,13H2,1H3;3,5,7,9H,2,4,6,8H2,1H3;2-3,6,9H,1,4-5,7,11H2;7H,4-6H2,1-3H3;6H,3-5H2,1-2H3,(H,8,9)/t15?,16-;16-,17?;12-;;;7-;6-/m000..00/s1. The summed E-state index contributed by atoms with van der Waals surface area (Å²) in [5.41, 5.74) is 17.6. The van der Waals surface area contributed by atoms with Crippen molar-refractivity contribution in [3.8, 4) is 23.0 Å². The number of aryl methyl sites for hydroxylation is 2. The molecule has 9 atom stereocenters. The second-order valence-electron chi connectivity index (χ2n) is 31.0. The largest absolute Gasteiger partial charge is 0.481 e. The van der Waals surface area contributed by atoms with Crippen molar-refractivity contribution in [2.45, 2.75) is 239 Å². The zero-order valence-corrected chi connectivity index (χ0v) is 74.0. The van der Waals surface area contributed by atoms with Gasteiger partial charge in [0.1, 0.15) is 12.1 Å². The van der Waals surface area contributed by atoms with E-state index >= 15 is 0 Å². The van der Waals surface area contributed by atoms with Gasteiger partial charge in [-0.1, -0.05) is 129 Å². The number of nitrogens with zero attached hydrogens (tertiary/aromatic N) is 4. The van der Waals surface area contributed by atoms with Gasteiger partial charge < -0.3 is 86.2 Å². The number of amides is 8. The molecular weight excluding hydrogens is 1610 g/mol. The molecule has 8 amide bonds. The Morgan fingerprint density at radius 2 is 0.933 bits per heavy atom. The molecule has 7 aromatic rings. The first kappa shape index (κ1) is 95.9. The van der Waals surface area contributed by atoms with Crippen LogP contribution in [-0.4, -0.2) is 148 Å². The molecule has 0 bridgehead atoms. The summed E-state index contributed by atoms with van der Waals surface area (Å²) in [5, 5.41) is 37.0. The molecule has 0 saturated carbocycles. The van der Waals surface area contributed by atoms with Crippen molar-refractivity contribution in [3.63, 3.8) is 0 Å². The van der Waals surface area contributed by atoms with Gasteiger partial charge in [-0.25, -0.2) is 9.59 Å². The highest BCUT2D eigenvalue weighted by Crippen LogP contribution is 2.37. The molecular formula is C90H124N10O16S4. The van der Waals surface area contributed by atoms with E-state index < -0.39 is 36.1 Å². The van der Waals surface area contributed by atoms with Crippen LogP contribution in [0, 0.1) is 17.8 Å². The summed E-state index contributed by atoms with van der Waals surface area (Å²) >= 11 is 6.63. The maximum absolute atomic E-state index is 12.8. The highest BCUT2D eigenvalue weighted by Gasteiger charge is 2.34. The molecule has 7 aliphatic rings. The molecule has 30 heteroatoms.